The maximum Gasteiger partial charge on any atom is 0.308 e. The minimum atomic E-state index is -0.00634. The van der Waals surface area contributed by atoms with Gasteiger partial charge in [-0.25, -0.2) is 0 Å². The van der Waals surface area contributed by atoms with Gasteiger partial charge < -0.3 is 4.74 Å². The number of esters is 1. The number of carbonyl (C=O) groups excluding carboxylic acids is 1. The zero-order valence-electron chi connectivity index (χ0n) is 8.01. The lowest BCUT2D eigenvalue weighted by Gasteiger charge is -2.26. The van der Waals surface area contributed by atoms with Crippen molar-refractivity contribution in [2.45, 2.75) is 39.0 Å². The third kappa shape index (κ3) is 2.23. The van der Waals surface area contributed by atoms with Crippen molar-refractivity contribution in [2.75, 3.05) is 7.11 Å². The third-order valence-electron chi connectivity index (χ3n) is 2.89. The Morgan fingerprint density at radius 2 is 2.25 bits per heavy atom. The summed E-state index contributed by atoms with van der Waals surface area (Å²) in [7, 11) is 1.48. The highest BCUT2D eigenvalue weighted by molar-refractivity contribution is 5.72. The van der Waals surface area contributed by atoms with E-state index in [1.165, 1.54) is 26.4 Å². The number of methoxy groups -OCH3 is 1. The van der Waals surface area contributed by atoms with Crippen molar-refractivity contribution in [1.82, 2.24) is 0 Å². The van der Waals surface area contributed by atoms with Crippen LogP contribution in [-0.4, -0.2) is 13.1 Å². The molecule has 70 valence electrons. The number of rotatable bonds is 2. The van der Waals surface area contributed by atoms with Gasteiger partial charge in [-0.15, -0.1) is 0 Å². The Hall–Kier alpha value is -0.530. The van der Waals surface area contributed by atoms with Gasteiger partial charge in [0, 0.05) is 0 Å². The van der Waals surface area contributed by atoms with E-state index in [1.807, 2.05) is 0 Å². The molecule has 0 bridgehead atoms. The molecule has 0 saturated heterocycles. The van der Waals surface area contributed by atoms with E-state index in [2.05, 4.69) is 6.92 Å². The first-order valence-corrected chi connectivity index (χ1v) is 4.85. The van der Waals surface area contributed by atoms with Gasteiger partial charge in [0.05, 0.1) is 13.0 Å². The molecule has 0 radical (unpaired) electrons. The largest absolute Gasteiger partial charge is 0.469 e. The van der Waals surface area contributed by atoms with Gasteiger partial charge in [0.1, 0.15) is 0 Å². The maximum absolute atomic E-state index is 11.2. The first-order chi connectivity index (χ1) is 5.77. The summed E-state index contributed by atoms with van der Waals surface area (Å²) >= 11 is 0. The van der Waals surface area contributed by atoms with Gasteiger partial charge in [0.25, 0.3) is 0 Å². The van der Waals surface area contributed by atoms with Gasteiger partial charge in [-0.05, 0) is 18.8 Å². The van der Waals surface area contributed by atoms with Gasteiger partial charge in [0.15, 0.2) is 0 Å². The Bertz CT molecular complexity index is 154. The van der Waals surface area contributed by atoms with Crippen LogP contribution in [0.1, 0.15) is 39.0 Å². The maximum atomic E-state index is 11.2. The summed E-state index contributed by atoms with van der Waals surface area (Å²) in [6, 6.07) is 0. The topological polar surface area (TPSA) is 26.3 Å². The molecule has 1 aliphatic rings. The highest BCUT2D eigenvalue weighted by atomic mass is 16.5. The smallest absolute Gasteiger partial charge is 0.308 e. The second-order valence-electron chi connectivity index (χ2n) is 3.66. The highest BCUT2D eigenvalue weighted by Gasteiger charge is 2.26. The summed E-state index contributed by atoms with van der Waals surface area (Å²) in [5, 5.41) is 0. The van der Waals surface area contributed by atoms with Crippen molar-refractivity contribution in [3.63, 3.8) is 0 Å². The van der Waals surface area contributed by atoms with Gasteiger partial charge in [0.2, 0.25) is 0 Å². The standard InChI is InChI=1S/C10H18O2/c1-3-8-5-4-6-9(7-8)10(11)12-2/h8-9H,3-7H2,1-2H3. The van der Waals surface area contributed by atoms with E-state index >= 15 is 0 Å². The van der Waals surface area contributed by atoms with Crippen LogP contribution in [0.25, 0.3) is 0 Å². The first kappa shape index (κ1) is 9.56. The Morgan fingerprint density at radius 1 is 1.50 bits per heavy atom. The monoisotopic (exact) mass is 170 g/mol. The lowest BCUT2D eigenvalue weighted by molar-refractivity contribution is -0.147. The minimum Gasteiger partial charge on any atom is -0.469 e. The number of hydrogen-bond donors (Lipinski definition) is 0. The fourth-order valence-electron chi connectivity index (χ4n) is 2.04. The molecular formula is C10H18O2. The summed E-state index contributed by atoms with van der Waals surface area (Å²) < 4.78 is 4.74. The average Bonchev–Trinajstić information content (AvgIpc) is 2.17. The first-order valence-electron chi connectivity index (χ1n) is 4.85. The molecule has 0 aromatic rings. The number of carbonyl (C=O) groups is 1. The molecule has 0 spiro atoms. The molecule has 0 aromatic heterocycles. The second kappa shape index (κ2) is 4.48. The van der Waals surface area contributed by atoms with Crippen molar-refractivity contribution < 1.29 is 9.53 Å². The zero-order valence-corrected chi connectivity index (χ0v) is 8.01. The molecule has 2 heteroatoms. The van der Waals surface area contributed by atoms with Crippen LogP contribution >= 0.6 is 0 Å². The molecule has 0 heterocycles. The molecule has 1 fully saturated rings. The molecular weight excluding hydrogens is 152 g/mol. The Labute approximate surface area is 74.3 Å². The number of hydrogen-bond acceptors (Lipinski definition) is 2. The van der Waals surface area contributed by atoms with E-state index in [0.717, 1.165) is 18.8 Å². The minimum absolute atomic E-state index is 0.00634. The quantitative estimate of drug-likeness (QED) is 0.595. The molecule has 0 N–H and O–H groups in total. The van der Waals surface area contributed by atoms with Crippen LogP contribution < -0.4 is 0 Å². The SMILES string of the molecule is CCC1CCCC(C(=O)OC)C1. The average molecular weight is 170 g/mol. The molecule has 0 aromatic carbocycles. The fraction of sp³-hybridized carbons (Fsp3) is 0.900. The Balaban J connectivity index is 2.40. The lowest BCUT2D eigenvalue weighted by atomic mass is 9.80. The van der Waals surface area contributed by atoms with E-state index in [-0.39, 0.29) is 11.9 Å². The molecule has 0 amide bonds. The van der Waals surface area contributed by atoms with Gasteiger partial charge in [-0.3, -0.25) is 4.79 Å². The van der Waals surface area contributed by atoms with E-state index < -0.39 is 0 Å². The molecule has 1 aliphatic carbocycles. The van der Waals surface area contributed by atoms with Gasteiger partial charge >= 0.3 is 5.97 Å². The molecule has 1 saturated carbocycles. The summed E-state index contributed by atoms with van der Waals surface area (Å²) in [4.78, 5) is 11.2. The Morgan fingerprint density at radius 3 is 2.83 bits per heavy atom. The predicted octanol–water partition coefficient (Wildman–Crippen LogP) is 2.38. The molecule has 1 rings (SSSR count). The van der Waals surface area contributed by atoms with Crippen LogP contribution in [0.15, 0.2) is 0 Å². The van der Waals surface area contributed by atoms with Gasteiger partial charge in [-0.1, -0.05) is 26.2 Å². The summed E-state index contributed by atoms with van der Waals surface area (Å²) in [5.41, 5.74) is 0. The molecule has 0 aliphatic heterocycles. The van der Waals surface area contributed by atoms with Crippen molar-refractivity contribution >= 4 is 5.97 Å². The van der Waals surface area contributed by atoms with Crippen LogP contribution in [0.2, 0.25) is 0 Å². The lowest BCUT2D eigenvalue weighted by Crippen LogP contribution is -2.23. The molecule has 2 nitrogen and oxygen atoms in total. The van der Waals surface area contributed by atoms with Crippen LogP contribution in [0.5, 0.6) is 0 Å². The highest BCUT2D eigenvalue weighted by Crippen LogP contribution is 2.31. The second-order valence-corrected chi connectivity index (χ2v) is 3.66. The van der Waals surface area contributed by atoms with E-state index in [0.29, 0.717) is 0 Å². The molecule has 2 unspecified atom stereocenters. The fourth-order valence-corrected chi connectivity index (χ4v) is 2.04. The third-order valence-corrected chi connectivity index (χ3v) is 2.89. The molecule has 12 heavy (non-hydrogen) atoms. The zero-order chi connectivity index (χ0) is 8.97. The summed E-state index contributed by atoms with van der Waals surface area (Å²) in [5.74, 6) is 0.935. The van der Waals surface area contributed by atoms with E-state index in [4.69, 9.17) is 4.74 Å². The number of ether oxygens (including phenoxy) is 1. The van der Waals surface area contributed by atoms with Crippen LogP contribution in [0.4, 0.5) is 0 Å². The summed E-state index contributed by atoms with van der Waals surface area (Å²) in [6.45, 7) is 2.20. The van der Waals surface area contributed by atoms with Crippen LogP contribution in [-0.2, 0) is 9.53 Å². The van der Waals surface area contributed by atoms with Crippen LogP contribution in [0.3, 0.4) is 0 Å². The predicted molar refractivity (Wildman–Crippen MR) is 47.8 cm³/mol. The van der Waals surface area contributed by atoms with Crippen molar-refractivity contribution in [1.29, 1.82) is 0 Å². The van der Waals surface area contributed by atoms with E-state index in [9.17, 15) is 4.79 Å². The van der Waals surface area contributed by atoms with Gasteiger partial charge in [-0.2, -0.15) is 0 Å². The normalized spacial score (nSPS) is 29.8. The van der Waals surface area contributed by atoms with Crippen LogP contribution in [0, 0.1) is 11.8 Å². The molecule has 2 atom stereocenters. The van der Waals surface area contributed by atoms with E-state index in [1.54, 1.807) is 0 Å². The summed E-state index contributed by atoms with van der Waals surface area (Å²) in [6.07, 6.45) is 5.77. The van der Waals surface area contributed by atoms with Crippen molar-refractivity contribution in [3.8, 4) is 0 Å². The Kier molecular flexibility index (Phi) is 3.57. The van der Waals surface area contributed by atoms with Crippen molar-refractivity contribution in [3.05, 3.63) is 0 Å². The van der Waals surface area contributed by atoms with Crippen molar-refractivity contribution in [2.24, 2.45) is 11.8 Å².